The van der Waals surface area contributed by atoms with Crippen LogP contribution in [0.5, 0.6) is 0 Å². The summed E-state index contributed by atoms with van der Waals surface area (Å²) in [6.45, 7) is 5.91. The Bertz CT molecular complexity index is 228. The highest BCUT2D eigenvalue weighted by atomic mass is 32.1. The highest BCUT2D eigenvalue weighted by Gasteiger charge is 2.41. The van der Waals surface area contributed by atoms with Crippen LogP contribution in [-0.2, 0) is 0 Å². The summed E-state index contributed by atoms with van der Waals surface area (Å²) in [5.41, 5.74) is 0. The second kappa shape index (κ2) is 6.32. The number of hydrogen-bond acceptors (Lipinski definition) is 2. The van der Waals surface area contributed by atoms with E-state index in [0.29, 0.717) is 18.3 Å². The van der Waals surface area contributed by atoms with Gasteiger partial charge in [0.25, 0.3) is 0 Å². The lowest BCUT2D eigenvalue weighted by atomic mass is 9.93. The van der Waals surface area contributed by atoms with Crippen molar-refractivity contribution in [3.63, 3.8) is 0 Å². The minimum absolute atomic E-state index is 0.167. The van der Waals surface area contributed by atoms with Crippen LogP contribution in [0.4, 0.5) is 13.2 Å². The molecule has 0 N–H and O–H groups in total. The predicted molar refractivity (Wildman–Crippen MR) is 67.4 cm³/mol. The standard InChI is InChI=1S/C12H22F3NS/c1-9(2)10(8-17)6-16-5-3-4-11(7-16)12(13,14)15/h9-11,17H,3-8H2,1-2H3. The van der Waals surface area contributed by atoms with Gasteiger partial charge in [-0.25, -0.2) is 0 Å². The maximum absolute atomic E-state index is 12.7. The molecule has 2 atom stereocenters. The van der Waals surface area contributed by atoms with E-state index in [2.05, 4.69) is 26.5 Å². The van der Waals surface area contributed by atoms with Crippen LogP contribution in [0.15, 0.2) is 0 Å². The van der Waals surface area contributed by atoms with Gasteiger partial charge in [-0.3, -0.25) is 0 Å². The normalized spacial score (nSPS) is 25.2. The molecule has 0 spiro atoms. The molecule has 0 bridgehead atoms. The molecule has 0 radical (unpaired) electrons. The van der Waals surface area contributed by atoms with Crippen molar-refractivity contribution >= 4 is 12.6 Å². The van der Waals surface area contributed by atoms with Crippen molar-refractivity contribution in [2.75, 3.05) is 25.4 Å². The Morgan fingerprint density at radius 1 is 1.35 bits per heavy atom. The van der Waals surface area contributed by atoms with Gasteiger partial charge < -0.3 is 4.90 Å². The van der Waals surface area contributed by atoms with Gasteiger partial charge in [-0.1, -0.05) is 13.8 Å². The van der Waals surface area contributed by atoms with E-state index in [0.717, 1.165) is 18.8 Å². The SMILES string of the molecule is CC(C)C(CS)CN1CCCC(C(F)(F)F)C1. The van der Waals surface area contributed by atoms with Crippen molar-refractivity contribution in [2.24, 2.45) is 17.8 Å². The topological polar surface area (TPSA) is 3.24 Å². The van der Waals surface area contributed by atoms with Crippen molar-refractivity contribution in [2.45, 2.75) is 32.9 Å². The van der Waals surface area contributed by atoms with Gasteiger partial charge >= 0.3 is 6.18 Å². The molecule has 17 heavy (non-hydrogen) atoms. The molecule has 5 heteroatoms. The van der Waals surface area contributed by atoms with Crippen LogP contribution in [0, 0.1) is 17.8 Å². The van der Waals surface area contributed by atoms with E-state index in [1.165, 1.54) is 0 Å². The second-order valence-corrected chi connectivity index (χ2v) is 5.69. The van der Waals surface area contributed by atoms with Gasteiger partial charge in [0.15, 0.2) is 0 Å². The number of piperidine rings is 1. The van der Waals surface area contributed by atoms with Gasteiger partial charge in [0.2, 0.25) is 0 Å². The molecule has 0 amide bonds. The average Bonchev–Trinajstić information content (AvgIpc) is 2.24. The second-order valence-electron chi connectivity index (χ2n) is 5.33. The van der Waals surface area contributed by atoms with Gasteiger partial charge in [0.05, 0.1) is 5.92 Å². The fraction of sp³-hybridized carbons (Fsp3) is 1.00. The van der Waals surface area contributed by atoms with Gasteiger partial charge in [-0.2, -0.15) is 25.8 Å². The minimum atomic E-state index is -4.03. The minimum Gasteiger partial charge on any atom is -0.302 e. The Morgan fingerprint density at radius 3 is 2.47 bits per heavy atom. The van der Waals surface area contributed by atoms with Crippen LogP contribution >= 0.6 is 12.6 Å². The molecule has 2 unspecified atom stereocenters. The summed E-state index contributed by atoms with van der Waals surface area (Å²) >= 11 is 4.29. The number of likely N-dealkylation sites (tertiary alicyclic amines) is 1. The first kappa shape index (κ1) is 15.2. The van der Waals surface area contributed by atoms with Crippen LogP contribution < -0.4 is 0 Å². The highest BCUT2D eigenvalue weighted by Crippen LogP contribution is 2.33. The third kappa shape index (κ3) is 4.70. The maximum Gasteiger partial charge on any atom is 0.393 e. The number of halogens is 3. The predicted octanol–water partition coefficient (Wildman–Crippen LogP) is 3.46. The summed E-state index contributed by atoms with van der Waals surface area (Å²) in [5.74, 6) is 0.457. The summed E-state index contributed by atoms with van der Waals surface area (Å²) in [6, 6.07) is 0. The molecule has 1 aliphatic rings. The molecule has 1 fully saturated rings. The van der Waals surface area contributed by atoms with E-state index in [-0.39, 0.29) is 13.0 Å². The number of rotatable bonds is 4. The third-order valence-electron chi connectivity index (χ3n) is 3.64. The largest absolute Gasteiger partial charge is 0.393 e. The molecule has 0 aromatic rings. The molecule has 0 saturated carbocycles. The summed E-state index contributed by atoms with van der Waals surface area (Å²) in [7, 11) is 0. The molecule has 1 nitrogen and oxygen atoms in total. The van der Waals surface area contributed by atoms with Crippen molar-refractivity contribution < 1.29 is 13.2 Å². The van der Waals surface area contributed by atoms with Crippen LogP contribution in [0.1, 0.15) is 26.7 Å². The maximum atomic E-state index is 12.7. The molecule has 102 valence electrons. The average molecular weight is 269 g/mol. The van der Waals surface area contributed by atoms with Gasteiger partial charge in [-0.15, -0.1) is 0 Å². The fourth-order valence-electron chi connectivity index (χ4n) is 2.30. The third-order valence-corrected chi connectivity index (χ3v) is 4.11. The first-order valence-corrected chi connectivity index (χ1v) is 6.87. The Balaban J connectivity index is 2.49. The Morgan fingerprint density at radius 2 is 2.00 bits per heavy atom. The zero-order chi connectivity index (χ0) is 13.1. The van der Waals surface area contributed by atoms with Crippen molar-refractivity contribution in [3.05, 3.63) is 0 Å². The smallest absolute Gasteiger partial charge is 0.302 e. The zero-order valence-corrected chi connectivity index (χ0v) is 11.4. The van der Waals surface area contributed by atoms with Crippen molar-refractivity contribution in [1.82, 2.24) is 4.90 Å². The first-order valence-electron chi connectivity index (χ1n) is 6.24. The lowest BCUT2D eigenvalue weighted by Crippen LogP contribution is -2.44. The lowest BCUT2D eigenvalue weighted by Gasteiger charge is -2.36. The molecule has 1 saturated heterocycles. The van der Waals surface area contributed by atoms with E-state index in [4.69, 9.17) is 0 Å². The van der Waals surface area contributed by atoms with E-state index in [1.807, 2.05) is 4.90 Å². The summed E-state index contributed by atoms with van der Waals surface area (Å²) < 4.78 is 38.0. The van der Waals surface area contributed by atoms with Crippen LogP contribution in [-0.4, -0.2) is 36.5 Å². The molecular formula is C12H22F3NS. The summed E-state index contributed by atoms with van der Waals surface area (Å²) in [6.07, 6.45) is -3.10. The van der Waals surface area contributed by atoms with Gasteiger partial charge in [0.1, 0.15) is 0 Å². The fourth-order valence-corrected chi connectivity index (χ4v) is 2.84. The molecule has 1 heterocycles. The summed E-state index contributed by atoms with van der Waals surface area (Å²) in [4.78, 5) is 1.96. The van der Waals surface area contributed by atoms with Gasteiger partial charge in [-0.05, 0) is 37.0 Å². The number of nitrogens with zero attached hydrogens (tertiary/aromatic N) is 1. The van der Waals surface area contributed by atoms with Crippen LogP contribution in [0.3, 0.4) is 0 Å². The van der Waals surface area contributed by atoms with Crippen LogP contribution in [0.2, 0.25) is 0 Å². The van der Waals surface area contributed by atoms with Crippen molar-refractivity contribution in [1.29, 1.82) is 0 Å². The summed E-state index contributed by atoms with van der Waals surface area (Å²) in [5, 5.41) is 0. The Kier molecular flexibility index (Phi) is 5.64. The Labute approximate surface area is 107 Å². The lowest BCUT2D eigenvalue weighted by molar-refractivity contribution is -0.187. The molecule has 0 aromatic heterocycles. The van der Waals surface area contributed by atoms with Gasteiger partial charge in [0, 0.05) is 13.1 Å². The number of hydrogen-bond donors (Lipinski definition) is 1. The highest BCUT2D eigenvalue weighted by molar-refractivity contribution is 7.80. The quantitative estimate of drug-likeness (QED) is 0.765. The van der Waals surface area contributed by atoms with Crippen LogP contribution in [0.25, 0.3) is 0 Å². The van der Waals surface area contributed by atoms with E-state index in [1.54, 1.807) is 0 Å². The number of alkyl halides is 3. The molecule has 1 aliphatic heterocycles. The first-order chi connectivity index (χ1) is 7.84. The van der Waals surface area contributed by atoms with Crippen molar-refractivity contribution in [3.8, 4) is 0 Å². The zero-order valence-electron chi connectivity index (χ0n) is 10.5. The molecule has 1 rings (SSSR count). The molecule has 0 aromatic carbocycles. The monoisotopic (exact) mass is 269 g/mol. The van der Waals surface area contributed by atoms with E-state index in [9.17, 15) is 13.2 Å². The molecular weight excluding hydrogens is 247 g/mol. The van der Waals surface area contributed by atoms with E-state index >= 15 is 0 Å². The Hall–Kier alpha value is 0.100. The number of thiol groups is 1. The van der Waals surface area contributed by atoms with E-state index < -0.39 is 12.1 Å². The molecule has 0 aliphatic carbocycles.